The number of hydrogen-bond donors (Lipinski definition) is 4. The van der Waals surface area contributed by atoms with Crippen LogP contribution in [0, 0.1) is 13.8 Å². The van der Waals surface area contributed by atoms with Gasteiger partial charge in [-0.3, -0.25) is 0 Å². The Hall–Kier alpha value is -3.40. The van der Waals surface area contributed by atoms with Gasteiger partial charge in [-0.15, -0.1) is 0 Å². The van der Waals surface area contributed by atoms with Crippen LogP contribution < -0.4 is 22.9 Å². The minimum Gasteiger partial charge on any atom is -0.397 e. The number of aryl methyl sites for hydroxylation is 2. The molecular formula is C22H22N4. The van der Waals surface area contributed by atoms with E-state index < -0.39 is 0 Å². The fourth-order valence-electron chi connectivity index (χ4n) is 3.93. The summed E-state index contributed by atoms with van der Waals surface area (Å²) in [6, 6.07) is 16.2. The van der Waals surface area contributed by atoms with Crippen molar-refractivity contribution in [2.24, 2.45) is 0 Å². The number of anilines is 4. The summed E-state index contributed by atoms with van der Waals surface area (Å²) in [6.45, 7) is 4.12. The third kappa shape index (κ3) is 2.15. The van der Waals surface area contributed by atoms with Crippen LogP contribution in [0.25, 0.3) is 32.7 Å². The van der Waals surface area contributed by atoms with Gasteiger partial charge in [-0.05, 0) is 59.0 Å². The number of benzene rings is 4. The van der Waals surface area contributed by atoms with Crippen LogP contribution in [0.15, 0.2) is 48.5 Å². The molecule has 4 rings (SSSR count). The van der Waals surface area contributed by atoms with Crippen molar-refractivity contribution >= 4 is 44.3 Å². The Labute approximate surface area is 152 Å². The van der Waals surface area contributed by atoms with Crippen LogP contribution in [0.4, 0.5) is 22.7 Å². The van der Waals surface area contributed by atoms with Crippen LogP contribution in [0.3, 0.4) is 0 Å². The molecule has 0 heterocycles. The van der Waals surface area contributed by atoms with Crippen LogP contribution in [-0.2, 0) is 0 Å². The summed E-state index contributed by atoms with van der Waals surface area (Å²) in [4.78, 5) is 0. The van der Waals surface area contributed by atoms with Gasteiger partial charge < -0.3 is 22.9 Å². The van der Waals surface area contributed by atoms with E-state index in [1.165, 1.54) is 0 Å². The first kappa shape index (κ1) is 16.1. The van der Waals surface area contributed by atoms with Gasteiger partial charge in [-0.25, -0.2) is 0 Å². The number of rotatable bonds is 1. The summed E-state index contributed by atoms with van der Waals surface area (Å²) < 4.78 is 0. The summed E-state index contributed by atoms with van der Waals surface area (Å²) in [7, 11) is 0. The van der Waals surface area contributed by atoms with E-state index in [1.54, 1.807) is 0 Å². The highest BCUT2D eigenvalue weighted by Gasteiger charge is 2.15. The zero-order chi connectivity index (χ0) is 18.6. The second-order valence-electron chi connectivity index (χ2n) is 6.85. The molecule has 0 aliphatic rings. The summed E-state index contributed by atoms with van der Waals surface area (Å²) in [5.74, 6) is 0. The minimum atomic E-state index is 0.610. The minimum absolute atomic E-state index is 0.610. The van der Waals surface area contributed by atoms with Gasteiger partial charge in [0.15, 0.2) is 0 Å². The lowest BCUT2D eigenvalue weighted by Gasteiger charge is -2.17. The van der Waals surface area contributed by atoms with Gasteiger partial charge in [0.2, 0.25) is 0 Å². The average Bonchev–Trinajstić information content (AvgIpc) is 2.63. The Morgan fingerprint density at radius 3 is 1.35 bits per heavy atom. The molecule has 4 aromatic carbocycles. The molecule has 4 heteroatoms. The van der Waals surface area contributed by atoms with Gasteiger partial charge >= 0.3 is 0 Å². The molecule has 8 N–H and O–H groups in total. The summed E-state index contributed by atoms with van der Waals surface area (Å²) >= 11 is 0. The first-order valence-corrected chi connectivity index (χ1v) is 8.55. The maximum Gasteiger partial charge on any atom is 0.0627 e. The maximum absolute atomic E-state index is 6.26. The van der Waals surface area contributed by atoms with E-state index >= 15 is 0 Å². The van der Waals surface area contributed by atoms with Gasteiger partial charge in [0.25, 0.3) is 0 Å². The van der Waals surface area contributed by atoms with E-state index in [0.29, 0.717) is 22.7 Å². The standard InChI is InChI=1S/C22H22N4/c1-11-9-17(23)21(25)15-7-3-5-13(19(11)15)14-6-4-8-16-20(14)12(2)10-18(24)22(16)26/h3-10H,23-26H2,1-2H3. The maximum atomic E-state index is 6.26. The van der Waals surface area contributed by atoms with Crippen molar-refractivity contribution in [3.05, 3.63) is 59.7 Å². The Morgan fingerprint density at radius 2 is 0.962 bits per heavy atom. The molecule has 0 fully saturated rings. The largest absolute Gasteiger partial charge is 0.397 e. The molecule has 4 nitrogen and oxygen atoms in total. The smallest absolute Gasteiger partial charge is 0.0627 e. The van der Waals surface area contributed by atoms with E-state index in [2.05, 4.69) is 26.0 Å². The number of fused-ring (bicyclic) bond motifs is 2. The van der Waals surface area contributed by atoms with Crippen molar-refractivity contribution < 1.29 is 0 Å². The van der Waals surface area contributed by atoms with Gasteiger partial charge in [0, 0.05) is 10.8 Å². The molecule has 0 saturated heterocycles. The molecule has 0 saturated carbocycles. The second kappa shape index (κ2) is 5.56. The second-order valence-corrected chi connectivity index (χ2v) is 6.85. The molecule has 130 valence electrons. The molecule has 26 heavy (non-hydrogen) atoms. The highest BCUT2D eigenvalue weighted by molar-refractivity contribution is 6.14. The van der Waals surface area contributed by atoms with E-state index in [1.807, 2.05) is 36.4 Å². The van der Waals surface area contributed by atoms with Gasteiger partial charge in [0.1, 0.15) is 0 Å². The lowest BCUT2D eigenvalue weighted by molar-refractivity contribution is 1.51. The lowest BCUT2D eigenvalue weighted by Crippen LogP contribution is -1.99. The molecule has 0 spiro atoms. The first-order chi connectivity index (χ1) is 12.4. The zero-order valence-electron chi connectivity index (χ0n) is 14.9. The molecule has 0 bridgehead atoms. The van der Waals surface area contributed by atoms with Gasteiger partial charge in [0.05, 0.1) is 22.7 Å². The third-order valence-corrected chi connectivity index (χ3v) is 5.15. The highest BCUT2D eigenvalue weighted by Crippen LogP contribution is 2.41. The van der Waals surface area contributed by atoms with Crippen molar-refractivity contribution in [1.29, 1.82) is 0 Å². The molecule has 0 aromatic heterocycles. The van der Waals surface area contributed by atoms with Crippen molar-refractivity contribution in [3.63, 3.8) is 0 Å². The fourth-order valence-corrected chi connectivity index (χ4v) is 3.93. The van der Waals surface area contributed by atoms with E-state index in [9.17, 15) is 0 Å². The Bertz CT molecular complexity index is 1100. The topological polar surface area (TPSA) is 104 Å². The van der Waals surface area contributed by atoms with Crippen molar-refractivity contribution in [1.82, 2.24) is 0 Å². The Balaban J connectivity index is 2.19. The highest BCUT2D eigenvalue weighted by atomic mass is 14.7. The molecular weight excluding hydrogens is 320 g/mol. The SMILES string of the molecule is Cc1cc(N)c(N)c2cccc(-c3cccc4c(N)c(N)cc(C)c34)c12. The fraction of sp³-hybridized carbons (Fsp3) is 0.0909. The van der Waals surface area contributed by atoms with Crippen LogP contribution in [0.5, 0.6) is 0 Å². The zero-order valence-corrected chi connectivity index (χ0v) is 14.9. The third-order valence-electron chi connectivity index (χ3n) is 5.15. The molecule has 0 atom stereocenters. The van der Waals surface area contributed by atoms with E-state index in [-0.39, 0.29) is 0 Å². The normalized spacial score (nSPS) is 11.3. The number of nitrogens with two attached hydrogens (primary N) is 4. The predicted octanol–water partition coefficient (Wildman–Crippen LogP) is 4.61. The van der Waals surface area contributed by atoms with Crippen LogP contribution in [0.1, 0.15) is 11.1 Å². The van der Waals surface area contributed by atoms with Crippen molar-refractivity contribution in [2.45, 2.75) is 13.8 Å². The quantitative estimate of drug-likeness (QED) is 0.379. The summed E-state index contributed by atoms with van der Waals surface area (Å²) in [6.07, 6.45) is 0. The van der Waals surface area contributed by atoms with Gasteiger partial charge in [-0.2, -0.15) is 0 Å². The van der Waals surface area contributed by atoms with Crippen molar-refractivity contribution in [3.8, 4) is 11.1 Å². The van der Waals surface area contributed by atoms with Gasteiger partial charge in [-0.1, -0.05) is 36.4 Å². The Kier molecular flexibility index (Phi) is 3.44. The molecule has 0 unspecified atom stereocenters. The lowest BCUT2D eigenvalue weighted by atomic mass is 9.89. The molecule has 0 radical (unpaired) electrons. The number of hydrogen-bond acceptors (Lipinski definition) is 4. The molecule has 4 aromatic rings. The number of nitrogen functional groups attached to an aromatic ring is 4. The summed E-state index contributed by atoms with van der Waals surface area (Å²) in [5.41, 5.74) is 31.5. The van der Waals surface area contributed by atoms with Crippen molar-refractivity contribution in [2.75, 3.05) is 22.9 Å². The Morgan fingerprint density at radius 1 is 0.577 bits per heavy atom. The molecule has 0 aliphatic carbocycles. The monoisotopic (exact) mass is 342 g/mol. The van der Waals surface area contributed by atoms with Crippen LogP contribution in [0.2, 0.25) is 0 Å². The molecule has 0 amide bonds. The molecule has 0 aliphatic heterocycles. The average molecular weight is 342 g/mol. The van der Waals surface area contributed by atoms with E-state index in [4.69, 9.17) is 22.9 Å². The first-order valence-electron chi connectivity index (χ1n) is 8.55. The predicted molar refractivity (Wildman–Crippen MR) is 114 cm³/mol. The van der Waals surface area contributed by atoms with Crippen LogP contribution >= 0.6 is 0 Å². The van der Waals surface area contributed by atoms with E-state index in [0.717, 1.165) is 43.8 Å². The van der Waals surface area contributed by atoms with Crippen LogP contribution in [-0.4, -0.2) is 0 Å². The summed E-state index contributed by atoms with van der Waals surface area (Å²) in [5, 5.41) is 4.17.